The molecule has 2 atom stereocenters. The third-order valence-corrected chi connectivity index (χ3v) is 6.75. The van der Waals surface area contributed by atoms with Gasteiger partial charge >= 0.3 is 6.09 Å². The van der Waals surface area contributed by atoms with E-state index in [0.29, 0.717) is 17.6 Å². The highest BCUT2D eigenvalue weighted by atomic mass is 32.2. The van der Waals surface area contributed by atoms with Crippen LogP contribution in [0.15, 0.2) is 16.9 Å². The summed E-state index contributed by atoms with van der Waals surface area (Å²) >= 11 is 1.20. The van der Waals surface area contributed by atoms with Crippen LogP contribution in [0.4, 0.5) is 19.3 Å². The van der Waals surface area contributed by atoms with Gasteiger partial charge in [-0.25, -0.2) is 18.6 Å². The monoisotopic (exact) mass is 424 g/mol. The van der Waals surface area contributed by atoms with Crippen molar-refractivity contribution < 1.29 is 18.7 Å². The highest BCUT2D eigenvalue weighted by Crippen LogP contribution is 2.28. The number of nitrogens with zero attached hydrogens (tertiary/aromatic N) is 2. The number of H-pyrrole nitrogens is 1. The standard InChI is InChI=1S/C19H22F2N4O3S/c20-12-5-11(22-10-3-1-2-4-10)6-14-17(12)18(26)24-16(23-14)9-29-15-8-25(19(27)28)7-13(15)21/h5-6,10,13,15,22H,1-4,7-9H2,(H,27,28)(H,23,24,26). The number of carbonyl (C=O) groups is 1. The first kappa shape index (κ1) is 19.9. The summed E-state index contributed by atoms with van der Waals surface area (Å²) in [6.07, 6.45) is 1.92. The number of halogens is 2. The number of alkyl halides is 1. The first-order chi connectivity index (χ1) is 13.9. The number of anilines is 1. The third-order valence-electron chi connectivity index (χ3n) is 5.44. The molecule has 4 rings (SSSR count). The number of fused-ring (bicyclic) bond motifs is 1. The number of thioether (sulfide) groups is 1. The molecule has 0 spiro atoms. The molecule has 0 bridgehead atoms. The van der Waals surface area contributed by atoms with Crippen LogP contribution in [0, 0.1) is 5.82 Å². The lowest BCUT2D eigenvalue weighted by Crippen LogP contribution is -2.27. The number of carboxylic acid groups (broad SMARTS) is 1. The number of aromatic nitrogens is 2. The van der Waals surface area contributed by atoms with E-state index in [-0.39, 0.29) is 29.7 Å². The molecule has 3 N–H and O–H groups in total. The first-order valence-corrected chi connectivity index (χ1v) is 10.7. The molecule has 1 aliphatic heterocycles. The predicted molar refractivity (Wildman–Crippen MR) is 108 cm³/mol. The fourth-order valence-electron chi connectivity index (χ4n) is 3.96. The first-order valence-electron chi connectivity index (χ1n) is 9.63. The number of benzene rings is 1. The third kappa shape index (κ3) is 4.31. The average Bonchev–Trinajstić information content (AvgIpc) is 3.29. The second-order valence-corrected chi connectivity index (χ2v) is 8.77. The number of aromatic amines is 1. The molecule has 10 heteroatoms. The molecule has 0 radical (unpaired) electrons. The van der Waals surface area contributed by atoms with Gasteiger partial charge in [-0.1, -0.05) is 12.8 Å². The number of hydrogen-bond acceptors (Lipinski definition) is 5. The summed E-state index contributed by atoms with van der Waals surface area (Å²) in [5.41, 5.74) is 0.265. The van der Waals surface area contributed by atoms with Crippen molar-refractivity contribution in [1.29, 1.82) is 0 Å². The molecule has 1 aliphatic carbocycles. The van der Waals surface area contributed by atoms with E-state index in [1.165, 1.54) is 17.8 Å². The van der Waals surface area contributed by atoms with E-state index < -0.39 is 28.9 Å². The van der Waals surface area contributed by atoms with Crippen LogP contribution in [0.1, 0.15) is 31.5 Å². The fourth-order valence-corrected chi connectivity index (χ4v) is 5.05. The van der Waals surface area contributed by atoms with E-state index in [1.54, 1.807) is 6.07 Å². The van der Waals surface area contributed by atoms with Crippen LogP contribution in [0.3, 0.4) is 0 Å². The van der Waals surface area contributed by atoms with Gasteiger partial charge in [0, 0.05) is 18.3 Å². The Balaban J connectivity index is 1.52. The van der Waals surface area contributed by atoms with E-state index in [4.69, 9.17) is 5.11 Å². The summed E-state index contributed by atoms with van der Waals surface area (Å²) < 4.78 is 28.6. The number of nitrogens with one attached hydrogen (secondary N) is 2. The zero-order valence-electron chi connectivity index (χ0n) is 15.7. The minimum absolute atomic E-state index is 0.0864. The molecule has 1 aromatic carbocycles. The summed E-state index contributed by atoms with van der Waals surface area (Å²) in [4.78, 5) is 31.3. The Bertz CT molecular complexity index is 980. The molecule has 1 amide bonds. The molecule has 1 saturated carbocycles. The van der Waals surface area contributed by atoms with E-state index in [0.717, 1.165) is 30.6 Å². The highest BCUT2D eigenvalue weighted by molar-refractivity contribution is 7.99. The maximum atomic E-state index is 14.5. The van der Waals surface area contributed by atoms with E-state index >= 15 is 0 Å². The lowest BCUT2D eigenvalue weighted by atomic mass is 10.2. The van der Waals surface area contributed by atoms with Gasteiger partial charge in [-0.2, -0.15) is 0 Å². The van der Waals surface area contributed by atoms with Crippen LogP contribution < -0.4 is 10.9 Å². The van der Waals surface area contributed by atoms with Crippen LogP contribution in [0.25, 0.3) is 10.9 Å². The molecule has 1 aromatic heterocycles. The van der Waals surface area contributed by atoms with Gasteiger partial charge in [0.15, 0.2) is 0 Å². The maximum absolute atomic E-state index is 14.5. The molecule has 7 nitrogen and oxygen atoms in total. The Labute approximate surface area is 169 Å². The molecular formula is C19H22F2N4O3S. The van der Waals surface area contributed by atoms with Gasteiger partial charge in [-0.15, -0.1) is 11.8 Å². The molecule has 2 aromatic rings. The van der Waals surface area contributed by atoms with Gasteiger partial charge < -0.3 is 20.3 Å². The van der Waals surface area contributed by atoms with Crippen LogP contribution in [0.5, 0.6) is 0 Å². The lowest BCUT2D eigenvalue weighted by molar-refractivity contribution is 0.152. The summed E-state index contributed by atoms with van der Waals surface area (Å²) in [5.74, 6) is -0.121. The van der Waals surface area contributed by atoms with E-state index in [9.17, 15) is 18.4 Å². The minimum Gasteiger partial charge on any atom is -0.465 e. The Morgan fingerprint density at radius 3 is 2.79 bits per heavy atom. The fraction of sp³-hybridized carbons (Fsp3) is 0.526. The largest absolute Gasteiger partial charge is 0.465 e. The van der Waals surface area contributed by atoms with Crippen LogP contribution >= 0.6 is 11.8 Å². The van der Waals surface area contributed by atoms with Crippen LogP contribution in [0.2, 0.25) is 0 Å². The molecule has 2 unspecified atom stereocenters. The summed E-state index contributed by atoms with van der Waals surface area (Å²) in [6, 6.07) is 3.28. The second-order valence-electron chi connectivity index (χ2n) is 7.54. The normalized spacial score (nSPS) is 22.5. The number of likely N-dealkylation sites (tertiary alicyclic amines) is 1. The summed E-state index contributed by atoms with van der Waals surface area (Å²) in [7, 11) is 0. The van der Waals surface area contributed by atoms with Crippen LogP contribution in [-0.4, -0.2) is 56.6 Å². The van der Waals surface area contributed by atoms with Gasteiger partial charge in [0.1, 0.15) is 23.2 Å². The smallest absolute Gasteiger partial charge is 0.407 e. The lowest BCUT2D eigenvalue weighted by Gasteiger charge is -2.15. The van der Waals surface area contributed by atoms with E-state index in [1.807, 2.05) is 0 Å². The van der Waals surface area contributed by atoms with Gasteiger partial charge in [0.25, 0.3) is 5.56 Å². The van der Waals surface area contributed by atoms with Crippen molar-refractivity contribution in [3.63, 3.8) is 0 Å². The van der Waals surface area contributed by atoms with Crippen molar-refractivity contribution in [3.8, 4) is 0 Å². The quantitative estimate of drug-likeness (QED) is 0.681. The molecule has 2 aliphatic rings. The Hall–Kier alpha value is -2.36. The van der Waals surface area contributed by atoms with Crippen molar-refractivity contribution >= 4 is 34.4 Å². The Morgan fingerprint density at radius 2 is 2.10 bits per heavy atom. The van der Waals surface area contributed by atoms with Gasteiger partial charge in [0.2, 0.25) is 0 Å². The topological polar surface area (TPSA) is 98.3 Å². The van der Waals surface area contributed by atoms with E-state index in [2.05, 4.69) is 15.3 Å². The van der Waals surface area contributed by atoms with Crippen LogP contribution in [-0.2, 0) is 5.75 Å². The van der Waals surface area contributed by atoms with Gasteiger partial charge in [-0.05, 0) is 25.0 Å². The minimum atomic E-state index is -1.28. The number of amides is 1. The second kappa shape index (κ2) is 8.17. The number of rotatable bonds is 5. The maximum Gasteiger partial charge on any atom is 0.407 e. The van der Waals surface area contributed by atoms with Crippen molar-refractivity contribution in [2.75, 3.05) is 18.4 Å². The van der Waals surface area contributed by atoms with Crippen molar-refractivity contribution in [2.24, 2.45) is 0 Å². The Kier molecular flexibility index (Phi) is 5.62. The SMILES string of the molecule is O=C(O)N1CC(F)C(SCc2nc3cc(NC4CCCC4)cc(F)c3c(=O)[nH]2)C1. The molecule has 156 valence electrons. The van der Waals surface area contributed by atoms with Gasteiger partial charge in [-0.3, -0.25) is 4.79 Å². The summed E-state index contributed by atoms with van der Waals surface area (Å²) in [6.45, 7) is -0.0703. The molecule has 29 heavy (non-hydrogen) atoms. The van der Waals surface area contributed by atoms with Gasteiger partial charge in [0.05, 0.1) is 23.1 Å². The molecule has 1 saturated heterocycles. The van der Waals surface area contributed by atoms with Crippen molar-refractivity contribution in [2.45, 2.75) is 48.9 Å². The number of hydrogen-bond donors (Lipinski definition) is 3. The Morgan fingerprint density at radius 1 is 1.34 bits per heavy atom. The molecule has 2 fully saturated rings. The molecule has 2 heterocycles. The zero-order valence-corrected chi connectivity index (χ0v) is 16.5. The van der Waals surface area contributed by atoms with Crippen molar-refractivity contribution in [3.05, 3.63) is 34.1 Å². The highest BCUT2D eigenvalue weighted by Gasteiger charge is 2.35. The molecular weight excluding hydrogens is 402 g/mol. The summed E-state index contributed by atoms with van der Waals surface area (Å²) in [5, 5.41) is 11.7. The predicted octanol–water partition coefficient (Wildman–Crippen LogP) is 3.35. The van der Waals surface area contributed by atoms with Crippen molar-refractivity contribution in [1.82, 2.24) is 14.9 Å². The average molecular weight is 424 g/mol. The zero-order chi connectivity index (χ0) is 20.5.